The summed E-state index contributed by atoms with van der Waals surface area (Å²) < 4.78 is 10.6. The molecule has 2 aliphatic rings. The van der Waals surface area contributed by atoms with Crippen LogP contribution < -0.4 is 0 Å². The number of allylic oxidation sites excluding steroid dienone is 6. The molecule has 1 unspecified atom stereocenters. The maximum absolute atomic E-state index is 11.8. The Morgan fingerprint density at radius 2 is 1.83 bits per heavy atom. The molecule has 1 fully saturated rings. The molecule has 4 heteroatoms. The third-order valence-corrected chi connectivity index (χ3v) is 7.69. The van der Waals surface area contributed by atoms with Crippen molar-refractivity contribution in [3.05, 3.63) is 77.4 Å². The van der Waals surface area contributed by atoms with Crippen LogP contribution in [0.25, 0.3) is 5.57 Å². The predicted molar refractivity (Wildman–Crippen MR) is 148 cm³/mol. The average Bonchev–Trinajstić information content (AvgIpc) is 2.92. The van der Waals surface area contributed by atoms with Gasteiger partial charge >= 0.3 is 5.97 Å². The predicted octanol–water partition coefficient (Wildman–Crippen LogP) is 6.63. The van der Waals surface area contributed by atoms with Crippen LogP contribution in [0, 0.1) is 17.8 Å². The molecule has 0 aromatic heterocycles. The van der Waals surface area contributed by atoms with Crippen molar-refractivity contribution in [2.24, 2.45) is 17.8 Å². The van der Waals surface area contributed by atoms with Crippen LogP contribution in [0.2, 0.25) is 0 Å². The van der Waals surface area contributed by atoms with Gasteiger partial charge in [-0.05, 0) is 85.5 Å². The van der Waals surface area contributed by atoms with E-state index >= 15 is 0 Å². The molecule has 1 atom stereocenters. The number of aliphatic hydroxyl groups is 1. The molecular formula is C32H44O4. The van der Waals surface area contributed by atoms with Crippen LogP contribution >= 0.6 is 0 Å². The van der Waals surface area contributed by atoms with Gasteiger partial charge < -0.3 is 14.6 Å². The van der Waals surface area contributed by atoms with Gasteiger partial charge in [0.05, 0.1) is 25.4 Å². The minimum Gasteiger partial charge on any atom is -0.462 e. The van der Waals surface area contributed by atoms with Gasteiger partial charge in [0.2, 0.25) is 0 Å². The molecule has 0 bridgehead atoms. The summed E-state index contributed by atoms with van der Waals surface area (Å²) >= 11 is 0. The second kappa shape index (κ2) is 15.0. The van der Waals surface area contributed by atoms with Crippen LogP contribution in [0.4, 0.5) is 0 Å². The number of aliphatic hydroxyl groups excluding tert-OH is 1. The summed E-state index contributed by atoms with van der Waals surface area (Å²) in [4.78, 5) is 11.8. The average molecular weight is 493 g/mol. The molecule has 2 aliphatic carbocycles. The van der Waals surface area contributed by atoms with Crippen molar-refractivity contribution in [1.82, 2.24) is 0 Å². The van der Waals surface area contributed by atoms with E-state index in [2.05, 4.69) is 62.1 Å². The van der Waals surface area contributed by atoms with Crippen LogP contribution in [0.5, 0.6) is 0 Å². The maximum atomic E-state index is 11.8. The summed E-state index contributed by atoms with van der Waals surface area (Å²) in [5, 5.41) is 9.05. The first-order valence-electron chi connectivity index (χ1n) is 13.6. The highest BCUT2D eigenvalue weighted by atomic mass is 16.5. The van der Waals surface area contributed by atoms with Crippen molar-refractivity contribution in [3.8, 4) is 0 Å². The lowest BCUT2D eigenvalue weighted by atomic mass is 9.72. The van der Waals surface area contributed by atoms with Gasteiger partial charge in [-0.1, -0.05) is 68.0 Å². The largest absolute Gasteiger partial charge is 0.462 e. The normalized spacial score (nSPS) is 22.0. The van der Waals surface area contributed by atoms with Crippen molar-refractivity contribution in [2.75, 3.05) is 26.9 Å². The Labute approximate surface area is 217 Å². The number of benzene rings is 1. The third-order valence-electron chi connectivity index (χ3n) is 7.69. The van der Waals surface area contributed by atoms with Crippen LogP contribution in [-0.4, -0.2) is 38.0 Å². The first-order chi connectivity index (χ1) is 17.5. The van der Waals surface area contributed by atoms with Crippen molar-refractivity contribution in [1.29, 1.82) is 0 Å². The second-order valence-corrected chi connectivity index (χ2v) is 10.3. The summed E-state index contributed by atoms with van der Waals surface area (Å²) in [6.45, 7) is 6.19. The van der Waals surface area contributed by atoms with Crippen LogP contribution in [0.1, 0.15) is 68.6 Å². The van der Waals surface area contributed by atoms with Gasteiger partial charge in [0.1, 0.15) is 0 Å². The quantitative estimate of drug-likeness (QED) is 0.191. The fraction of sp³-hybridized carbons (Fsp3) is 0.531. The highest BCUT2D eigenvalue weighted by Gasteiger charge is 2.26. The lowest BCUT2D eigenvalue weighted by molar-refractivity contribution is -0.139. The van der Waals surface area contributed by atoms with Crippen LogP contribution in [0.15, 0.2) is 60.7 Å². The highest BCUT2D eigenvalue weighted by molar-refractivity contribution is 5.87. The number of methoxy groups -OCH3 is 1. The molecule has 196 valence electrons. The first kappa shape index (κ1) is 28.1. The topological polar surface area (TPSA) is 55.8 Å². The zero-order valence-electron chi connectivity index (χ0n) is 22.2. The van der Waals surface area contributed by atoms with E-state index in [1.807, 2.05) is 0 Å². The van der Waals surface area contributed by atoms with Gasteiger partial charge in [0.25, 0.3) is 0 Å². The minimum atomic E-state index is -0.538. The Hall–Kier alpha value is -2.43. The van der Waals surface area contributed by atoms with Crippen molar-refractivity contribution >= 4 is 11.5 Å². The molecule has 1 aromatic rings. The number of carbonyl (C=O) groups is 1. The zero-order valence-corrected chi connectivity index (χ0v) is 22.2. The molecule has 0 radical (unpaired) electrons. The van der Waals surface area contributed by atoms with Crippen molar-refractivity contribution < 1.29 is 19.4 Å². The van der Waals surface area contributed by atoms with E-state index in [-0.39, 0.29) is 18.8 Å². The molecule has 0 aliphatic heterocycles. The Bertz CT molecular complexity index is 947. The highest BCUT2D eigenvalue weighted by Crippen LogP contribution is 2.39. The van der Waals surface area contributed by atoms with E-state index in [1.165, 1.54) is 55.2 Å². The van der Waals surface area contributed by atoms with Gasteiger partial charge in [0.15, 0.2) is 0 Å². The van der Waals surface area contributed by atoms with E-state index in [9.17, 15) is 4.79 Å². The van der Waals surface area contributed by atoms with Gasteiger partial charge in [-0.2, -0.15) is 0 Å². The van der Waals surface area contributed by atoms with E-state index in [0.29, 0.717) is 18.9 Å². The van der Waals surface area contributed by atoms with Gasteiger partial charge in [-0.15, -0.1) is 0 Å². The summed E-state index contributed by atoms with van der Waals surface area (Å²) in [6, 6.07) is 6.63. The molecule has 0 saturated heterocycles. The summed E-state index contributed by atoms with van der Waals surface area (Å²) in [7, 11) is 1.72. The SMILES string of the molecule is C=C(CO)C(=O)OCCc1cc(CCOC)cc(C2=CCC(C3CCC(CC/C=C/C)CC3)C=C2)c1. The number of carbonyl (C=O) groups excluding carboxylic acids is 1. The van der Waals surface area contributed by atoms with Gasteiger partial charge in [0, 0.05) is 13.5 Å². The first-order valence-corrected chi connectivity index (χ1v) is 13.6. The fourth-order valence-electron chi connectivity index (χ4n) is 5.47. The molecule has 0 spiro atoms. The second-order valence-electron chi connectivity index (χ2n) is 10.3. The molecule has 0 heterocycles. The van der Waals surface area contributed by atoms with E-state index in [0.717, 1.165) is 30.2 Å². The zero-order chi connectivity index (χ0) is 25.8. The van der Waals surface area contributed by atoms with Crippen LogP contribution in [0.3, 0.4) is 0 Å². The molecule has 1 aromatic carbocycles. The van der Waals surface area contributed by atoms with Crippen LogP contribution in [-0.2, 0) is 27.1 Å². The lowest BCUT2D eigenvalue weighted by Crippen LogP contribution is -2.21. The van der Waals surface area contributed by atoms with Gasteiger partial charge in [-0.25, -0.2) is 4.79 Å². The molecule has 1 N–H and O–H groups in total. The summed E-state index contributed by atoms with van der Waals surface area (Å²) in [5.74, 6) is 1.83. The monoisotopic (exact) mass is 492 g/mol. The maximum Gasteiger partial charge on any atom is 0.335 e. The standard InChI is InChI=1S/C32H44O4/c1-4-5-6-7-25-8-10-28(11-9-25)29-12-14-30(15-13-29)31-21-26(16-18-35-3)20-27(22-31)17-19-36-32(34)24(2)23-33/h4-5,12,14-15,20-22,25,28-29,33H,2,6-11,13,16-19,23H2,1,3H3/b5-4+. The lowest BCUT2D eigenvalue weighted by Gasteiger charge is -2.33. The molecule has 3 rings (SSSR count). The molecule has 4 nitrogen and oxygen atoms in total. The van der Waals surface area contributed by atoms with E-state index in [4.69, 9.17) is 14.6 Å². The number of ether oxygens (including phenoxy) is 2. The Morgan fingerprint density at radius 3 is 2.44 bits per heavy atom. The number of esters is 1. The summed E-state index contributed by atoms with van der Waals surface area (Å²) in [6.07, 6.45) is 22.3. The Morgan fingerprint density at radius 1 is 1.11 bits per heavy atom. The Kier molecular flexibility index (Phi) is 11.7. The summed E-state index contributed by atoms with van der Waals surface area (Å²) in [5.41, 5.74) is 4.93. The smallest absolute Gasteiger partial charge is 0.335 e. The Balaban J connectivity index is 1.59. The number of hydrogen-bond donors (Lipinski definition) is 1. The number of hydrogen-bond acceptors (Lipinski definition) is 4. The third kappa shape index (κ3) is 8.60. The van der Waals surface area contributed by atoms with Gasteiger partial charge in [-0.3, -0.25) is 0 Å². The van der Waals surface area contributed by atoms with E-state index < -0.39 is 5.97 Å². The molecular weight excluding hydrogens is 448 g/mol. The van der Waals surface area contributed by atoms with Crippen molar-refractivity contribution in [3.63, 3.8) is 0 Å². The number of rotatable bonds is 13. The molecule has 36 heavy (non-hydrogen) atoms. The fourth-order valence-corrected chi connectivity index (χ4v) is 5.47. The molecule has 0 amide bonds. The van der Waals surface area contributed by atoms with Crippen molar-refractivity contribution in [2.45, 2.75) is 64.7 Å². The molecule has 1 saturated carbocycles. The van der Waals surface area contributed by atoms with E-state index in [1.54, 1.807) is 7.11 Å². The minimum absolute atomic E-state index is 0.0821.